The van der Waals surface area contributed by atoms with Crippen molar-refractivity contribution in [1.82, 2.24) is 29.4 Å². The SMILES string of the molecule is C=C(CN1CCC(CCCC2CCN(CC(=CC(=C(CN3CCC(O)CC3)C(C)=O)N3CCC(O)CC3)C(C)=O)CC2)CC1)C(C)=O.CC(=O)C(CN1CCCC(C(N)=O)C1)CN1CCCC(C(N)=O)C1. The van der Waals surface area contributed by atoms with Crippen LogP contribution in [0.15, 0.2) is 35.1 Å². The lowest BCUT2D eigenvalue weighted by molar-refractivity contribution is -0.124. The number of amides is 2. The van der Waals surface area contributed by atoms with Crippen LogP contribution < -0.4 is 11.5 Å². The number of rotatable bonds is 22. The molecule has 0 aromatic heterocycles. The van der Waals surface area contributed by atoms with E-state index in [1.54, 1.807) is 27.7 Å². The van der Waals surface area contributed by atoms with E-state index in [-0.39, 0.29) is 64.9 Å². The summed E-state index contributed by atoms with van der Waals surface area (Å²) in [6.07, 6.45) is 16.2. The number of nitrogens with zero attached hydrogens (tertiary/aromatic N) is 6. The van der Waals surface area contributed by atoms with Crippen LogP contribution in [0.25, 0.3) is 0 Å². The van der Waals surface area contributed by atoms with Crippen molar-refractivity contribution in [3.05, 3.63) is 35.1 Å². The number of carbonyl (C=O) groups is 6. The van der Waals surface area contributed by atoms with E-state index >= 15 is 0 Å². The summed E-state index contributed by atoms with van der Waals surface area (Å²) in [5, 5.41) is 20.2. The predicted octanol–water partition coefficient (Wildman–Crippen LogP) is 3.58. The second-order valence-electron chi connectivity index (χ2n) is 22.2. The molecular weight excluding hydrogens is 901 g/mol. The van der Waals surface area contributed by atoms with E-state index in [1.165, 1.54) is 32.1 Å². The van der Waals surface area contributed by atoms with Crippen LogP contribution >= 0.6 is 0 Å². The highest BCUT2D eigenvalue weighted by Crippen LogP contribution is 2.29. The quantitative estimate of drug-likeness (QED) is 0.0903. The third-order valence-electron chi connectivity index (χ3n) is 16.5. The number of allylic oxidation sites excluding steroid dienone is 1. The lowest BCUT2D eigenvalue weighted by atomic mass is 9.86. The molecule has 6 fully saturated rings. The van der Waals surface area contributed by atoms with Gasteiger partial charge in [0, 0.05) is 100 Å². The van der Waals surface area contributed by atoms with Gasteiger partial charge in [0.1, 0.15) is 5.78 Å². The lowest BCUT2D eigenvalue weighted by Gasteiger charge is -2.36. The van der Waals surface area contributed by atoms with E-state index in [4.69, 9.17) is 11.5 Å². The van der Waals surface area contributed by atoms with Gasteiger partial charge in [-0.2, -0.15) is 0 Å². The van der Waals surface area contributed by atoms with Crippen LogP contribution in [0.3, 0.4) is 0 Å². The Balaban J connectivity index is 0.000000327. The maximum absolute atomic E-state index is 13.1. The van der Waals surface area contributed by atoms with Gasteiger partial charge in [-0.3, -0.25) is 43.5 Å². The van der Waals surface area contributed by atoms with E-state index in [9.17, 15) is 39.0 Å². The van der Waals surface area contributed by atoms with Gasteiger partial charge in [-0.05, 0) is 162 Å². The Hall–Kier alpha value is -3.64. The molecule has 2 amide bonds. The third kappa shape index (κ3) is 19.6. The maximum Gasteiger partial charge on any atom is 0.221 e. The fourth-order valence-corrected chi connectivity index (χ4v) is 11.6. The normalized spacial score (nSPS) is 24.6. The maximum atomic E-state index is 13.1. The summed E-state index contributed by atoms with van der Waals surface area (Å²) in [6.45, 7) is 23.5. The standard InChI is InChI=1S/C38H62N4O5.C17H30N4O3/c1-28(29(2)43)25-39-16-8-32(9-17-39)6-5-7-33-10-18-40(19-11-33)26-34(30(3)44)24-38(42-22-14-36(47)15-23-42)37(31(4)45)27-41-20-12-35(46)13-21-41;1-12(22)15(10-20-6-2-4-13(8-20)16(18)23)11-21-7-3-5-14(9-21)17(19)24/h24,32-33,35-36,46-47H,1,5-23,25-27H2,2-4H3;13-15H,2-11H2,1H3,(H2,18,23)(H2,19,24). The van der Waals surface area contributed by atoms with Gasteiger partial charge in [-0.25, -0.2) is 0 Å². The molecule has 2 unspecified atom stereocenters. The van der Waals surface area contributed by atoms with Gasteiger partial charge in [0.05, 0.1) is 24.0 Å². The number of hydrogen-bond donors (Lipinski definition) is 4. The molecule has 16 nitrogen and oxygen atoms in total. The first-order chi connectivity index (χ1) is 33.8. The van der Waals surface area contributed by atoms with Crippen molar-refractivity contribution >= 4 is 34.9 Å². The summed E-state index contributed by atoms with van der Waals surface area (Å²) >= 11 is 0. The molecule has 2 atom stereocenters. The number of aliphatic hydroxyl groups is 2. The average molecular weight is 993 g/mol. The zero-order valence-corrected chi connectivity index (χ0v) is 44.1. The number of Topliss-reactive ketones (excluding diaryl/α,β-unsaturated/α-hetero) is 4. The Morgan fingerprint density at radius 1 is 0.549 bits per heavy atom. The number of carbonyl (C=O) groups excluding carboxylic acids is 6. The number of aliphatic hydroxyl groups excluding tert-OH is 2. The van der Waals surface area contributed by atoms with Crippen molar-refractivity contribution in [3.63, 3.8) is 0 Å². The Bertz CT molecular complexity index is 1820. The first-order valence-corrected chi connectivity index (χ1v) is 27.3. The summed E-state index contributed by atoms with van der Waals surface area (Å²) in [6, 6.07) is 0. The Morgan fingerprint density at radius 3 is 1.41 bits per heavy atom. The molecule has 6 rings (SSSR count). The molecule has 0 saturated carbocycles. The monoisotopic (exact) mass is 993 g/mol. The van der Waals surface area contributed by atoms with Crippen LogP contribution in [-0.2, 0) is 28.8 Å². The van der Waals surface area contributed by atoms with E-state index < -0.39 is 0 Å². The second-order valence-corrected chi connectivity index (χ2v) is 22.2. The predicted molar refractivity (Wildman–Crippen MR) is 278 cm³/mol. The van der Waals surface area contributed by atoms with Crippen LogP contribution in [-0.4, -0.2) is 198 Å². The first kappa shape index (κ1) is 58.3. The molecule has 6 heterocycles. The first-order valence-electron chi connectivity index (χ1n) is 27.3. The highest BCUT2D eigenvalue weighted by molar-refractivity contribution is 5.97. The molecule has 0 aromatic carbocycles. The molecule has 6 saturated heterocycles. The minimum atomic E-state index is -0.327. The van der Waals surface area contributed by atoms with Crippen molar-refractivity contribution < 1.29 is 39.0 Å². The molecule has 71 heavy (non-hydrogen) atoms. The van der Waals surface area contributed by atoms with E-state index in [0.29, 0.717) is 84.6 Å². The highest BCUT2D eigenvalue weighted by atomic mass is 16.3. The number of piperidine rings is 6. The minimum absolute atomic E-state index is 0.0154. The largest absolute Gasteiger partial charge is 0.393 e. The summed E-state index contributed by atoms with van der Waals surface area (Å²) < 4.78 is 0. The smallest absolute Gasteiger partial charge is 0.221 e. The van der Waals surface area contributed by atoms with Crippen molar-refractivity contribution in [2.45, 2.75) is 136 Å². The van der Waals surface area contributed by atoms with Gasteiger partial charge in [-0.1, -0.05) is 25.8 Å². The van der Waals surface area contributed by atoms with Crippen molar-refractivity contribution in [2.75, 3.05) is 111 Å². The van der Waals surface area contributed by atoms with Crippen molar-refractivity contribution in [2.24, 2.45) is 41.1 Å². The molecule has 0 spiro atoms. The molecule has 6 aliphatic heterocycles. The van der Waals surface area contributed by atoms with Crippen LogP contribution in [0.1, 0.15) is 124 Å². The molecule has 0 radical (unpaired) electrons. The summed E-state index contributed by atoms with van der Waals surface area (Å²) in [4.78, 5) is 86.2. The molecular formula is C55H92N8O8. The topological polar surface area (TPSA) is 214 Å². The number of ketones is 4. The Labute approximate surface area is 425 Å². The van der Waals surface area contributed by atoms with E-state index in [0.717, 1.165) is 125 Å². The van der Waals surface area contributed by atoms with Crippen LogP contribution in [0, 0.1) is 29.6 Å². The number of nitrogens with two attached hydrogens (primary N) is 2. The van der Waals surface area contributed by atoms with E-state index in [1.807, 2.05) is 6.08 Å². The average Bonchev–Trinajstić information content (AvgIpc) is 3.34. The molecule has 0 aromatic rings. The number of likely N-dealkylation sites (tertiary alicyclic amines) is 6. The second kappa shape index (κ2) is 29.3. The fourth-order valence-electron chi connectivity index (χ4n) is 11.6. The minimum Gasteiger partial charge on any atom is -0.393 e. The van der Waals surface area contributed by atoms with Crippen LogP contribution in [0.2, 0.25) is 0 Å². The highest BCUT2D eigenvalue weighted by Gasteiger charge is 2.32. The van der Waals surface area contributed by atoms with Crippen LogP contribution in [0.4, 0.5) is 0 Å². The van der Waals surface area contributed by atoms with Crippen molar-refractivity contribution in [1.29, 1.82) is 0 Å². The summed E-state index contributed by atoms with van der Waals surface area (Å²) in [7, 11) is 0. The van der Waals surface area contributed by atoms with Gasteiger partial charge in [0.2, 0.25) is 11.8 Å². The summed E-state index contributed by atoms with van der Waals surface area (Å²) in [5.41, 5.74) is 13.9. The zero-order chi connectivity index (χ0) is 51.6. The van der Waals surface area contributed by atoms with Gasteiger partial charge in [0.25, 0.3) is 0 Å². The molecule has 0 aliphatic carbocycles. The summed E-state index contributed by atoms with van der Waals surface area (Å²) in [5.74, 6) is 0.995. The van der Waals surface area contributed by atoms with Gasteiger partial charge < -0.3 is 36.4 Å². The molecule has 0 bridgehead atoms. The Morgan fingerprint density at radius 2 is 0.986 bits per heavy atom. The number of primary amides is 2. The lowest BCUT2D eigenvalue weighted by Crippen LogP contribution is -2.48. The van der Waals surface area contributed by atoms with Gasteiger partial charge >= 0.3 is 0 Å². The van der Waals surface area contributed by atoms with Gasteiger partial charge in [-0.15, -0.1) is 0 Å². The van der Waals surface area contributed by atoms with Crippen LogP contribution in [0.5, 0.6) is 0 Å². The third-order valence-corrected chi connectivity index (χ3v) is 16.5. The fraction of sp³-hybridized carbons (Fsp3) is 0.782. The van der Waals surface area contributed by atoms with E-state index in [2.05, 4.69) is 36.0 Å². The van der Waals surface area contributed by atoms with Gasteiger partial charge in [0.15, 0.2) is 17.3 Å². The molecule has 6 N–H and O–H groups in total. The van der Waals surface area contributed by atoms with Crippen molar-refractivity contribution in [3.8, 4) is 0 Å². The molecule has 6 aliphatic rings. The Kier molecular flexibility index (Phi) is 24.0. The zero-order valence-electron chi connectivity index (χ0n) is 44.1. The number of hydrogen-bond acceptors (Lipinski definition) is 14. The molecule has 16 heteroatoms. The molecule has 400 valence electrons.